The van der Waals surface area contributed by atoms with Crippen molar-refractivity contribution in [3.05, 3.63) is 53.2 Å². The predicted molar refractivity (Wildman–Crippen MR) is 88.7 cm³/mol. The number of H-pyrrole nitrogens is 1. The van der Waals surface area contributed by atoms with Crippen molar-refractivity contribution in [3.63, 3.8) is 0 Å². The quantitative estimate of drug-likeness (QED) is 0.754. The largest absolute Gasteiger partial charge is 0.370 e. The van der Waals surface area contributed by atoms with Crippen LogP contribution in [-0.2, 0) is 11.2 Å². The second-order valence-corrected chi connectivity index (χ2v) is 5.64. The summed E-state index contributed by atoms with van der Waals surface area (Å²) in [4.78, 5) is 18.8. The van der Waals surface area contributed by atoms with E-state index in [0.717, 1.165) is 34.3 Å². The van der Waals surface area contributed by atoms with Gasteiger partial charge >= 0.3 is 0 Å². The molecule has 0 fully saturated rings. The molecule has 0 spiro atoms. The van der Waals surface area contributed by atoms with Crippen molar-refractivity contribution >= 4 is 28.4 Å². The summed E-state index contributed by atoms with van der Waals surface area (Å²) in [6.45, 7) is 0. The van der Waals surface area contributed by atoms with E-state index in [4.69, 9.17) is 17.3 Å². The lowest BCUT2D eigenvalue weighted by Crippen LogP contribution is -2.10. The number of aromatic nitrogens is 2. The van der Waals surface area contributed by atoms with Crippen molar-refractivity contribution in [2.24, 2.45) is 5.73 Å². The maximum absolute atomic E-state index is 11.0. The van der Waals surface area contributed by atoms with Crippen LogP contribution in [0.2, 0.25) is 5.02 Å². The lowest BCUT2D eigenvalue weighted by atomic mass is 10.0. The van der Waals surface area contributed by atoms with Gasteiger partial charge in [-0.05, 0) is 48.7 Å². The molecule has 4 nitrogen and oxygen atoms in total. The molecule has 2 heterocycles. The standard InChI is InChI=1S/C17H16ClN3O/c18-11-7-8-14-13(10-11)12(4-3-6-16(19)22)17(21-14)15-5-1-2-9-20-15/h1-2,5,7-10,21H,3-4,6H2,(H2,19,22). The number of benzene rings is 1. The molecule has 0 aliphatic carbocycles. The first-order valence-electron chi connectivity index (χ1n) is 7.15. The Morgan fingerprint density at radius 1 is 1.27 bits per heavy atom. The number of aryl methyl sites for hydroxylation is 1. The molecular weight excluding hydrogens is 298 g/mol. The Morgan fingerprint density at radius 2 is 2.14 bits per heavy atom. The molecule has 0 aliphatic heterocycles. The van der Waals surface area contributed by atoms with Crippen molar-refractivity contribution < 1.29 is 4.79 Å². The number of nitrogens with two attached hydrogens (primary N) is 1. The average molecular weight is 314 g/mol. The van der Waals surface area contributed by atoms with Crippen LogP contribution in [0, 0.1) is 0 Å². The Hall–Kier alpha value is -2.33. The van der Waals surface area contributed by atoms with Gasteiger partial charge in [0.05, 0.1) is 11.4 Å². The summed E-state index contributed by atoms with van der Waals surface area (Å²) in [5, 5.41) is 1.76. The molecule has 0 saturated heterocycles. The number of amides is 1. The van der Waals surface area contributed by atoms with E-state index in [9.17, 15) is 4.79 Å². The molecule has 0 bridgehead atoms. The van der Waals surface area contributed by atoms with Crippen LogP contribution in [0.15, 0.2) is 42.6 Å². The third-order valence-corrected chi connectivity index (χ3v) is 3.87. The number of primary amides is 1. The van der Waals surface area contributed by atoms with Crippen molar-refractivity contribution in [3.8, 4) is 11.4 Å². The minimum absolute atomic E-state index is 0.280. The smallest absolute Gasteiger partial charge is 0.217 e. The van der Waals surface area contributed by atoms with E-state index >= 15 is 0 Å². The third kappa shape index (κ3) is 2.97. The van der Waals surface area contributed by atoms with Crippen LogP contribution in [0.1, 0.15) is 18.4 Å². The highest BCUT2D eigenvalue weighted by molar-refractivity contribution is 6.31. The summed E-state index contributed by atoms with van der Waals surface area (Å²) in [6, 6.07) is 11.6. The van der Waals surface area contributed by atoms with Crippen LogP contribution in [0.4, 0.5) is 0 Å². The Bertz CT molecular complexity index is 811. The van der Waals surface area contributed by atoms with E-state index in [2.05, 4.69) is 9.97 Å². The summed E-state index contributed by atoms with van der Waals surface area (Å²) >= 11 is 6.13. The first-order valence-corrected chi connectivity index (χ1v) is 7.53. The molecule has 0 atom stereocenters. The fourth-order valence-electron chi connectivity index (χ4n) is 2.65. The Balaban J connectivity index is 2.07. The van der Waals surface area contributed by atoms with Gasteiger partial charge in [-0.3, -0.25) is 9.78 Å². The number of fused-ring (bicyclic) bond motifs is 1. The number of pyridine rings is 1. The van der Waals surface area contributed by atoms with Crippen LogP contribution in [0.25, 0.3) is 22.3 Å². The highest BCUT2D eigenvalue weighted by Gasteiger charge is 2.14. The number of nitrogens with one attached hydrogen (secondary N) is 1. The maximum Gasteiger partial charge on any atom is 0.217 e. The zero-order valence-corrected chi connectivity index (χ0v) is 12.7. The fraction of sp³-hybridized carbons (Fsp3) is 0.176. The van der Waals surface area contributed by atoms with Gasteiger partial charge in [-0.25, -0.2) is 0 Å². The number of carbonyl (C=O) groups excluding carboxylic acids is 1. The molecule has 5 heteroatoms. The van der Waals surface area contributed by atoms with Gasteiger partial charge in [-0.1, -0.05) is 17.7 Å². The number of hydrogen-bond acceptors (Lipinski definition) is 2. The van der Waals surface area contributed by atoms with Crippen LogP contribution in [0.5, 0.6) is 0 Å². The lowest BCUT2D eigenvalue weighted by Gasteiger charge is -2.04. The van der Waals surface area contributed by atoms with Gasteiger partial charge in [-0.2, -0.15) is 0 Å². The van der Waals surface area contributed by atoms with Gasteiger partial charge in [0.1, 0.15) is 0 Å². The SMILES string of the molecule is NC(=O)CCCc1c(-c2ccccn2)[nH]c2ccc(Cl)cc12. The topological polar surface area (TPSA) is 71.8 Å². The zero-order valence-electron chi connectivity index (χ0n) is 12.0. The van der Waals surface area contributed by atoms with Crippen molar-refractivity contribution in [2.45, 2.75) is 19.3 Å². The summed E-state index contributed by atoms with van der Waals surface area (Å²) in [5.74, 6) is -0.280. The molecule has 1 amide bonds. The molecule has 112 valence electrons. The van der Waals surface area contributed by atoms with Gasteiger partial charge in [0.15, 0.2) is 0 Å². The van der Waals surface area contributed by atoms with Gasteiger partial charge in [-0.15, -0.1) is 0 Å². The predicted octanol–water partition coefficient (Wildman–Crippen LogP) is 3.69. The lowest BCUT2D eigenvalue weighted by molar-refractivity contribution is -0.118. The van der Waals surface area contributed by atoms with E-state index in [1.54, 1.807) is 6.20 Å². The van der Waals surface area contributed by atoms with Crippen LogP contribution < -0.4 is 5.73 Å². The molecule has 0 unspecified atom stereocenters. The third-order valence-electron chi connectivity index (χ3n) is 3.64. The number of halogens is 1. The molecular formula is C17H16ClN3O. The number of carbonyl (C=O) groups is 1. The number of rotatable bonds is 5. The van der Waals surface area contributed by atoms with Crippen molar-refractivity contribution in [1.82, 2.24) is 9.97 Å². The van der Waals surface area contributed by atoms with E-state index < -0.39 is 0 Å². The fourth-order valence-corrected chi connectivity index (χ4v) is 2.82. The van der Waals surface area contributed by atoms with Crippen molar-refractivity contribution in [1.29, 1.82) is 0 Å². The number of aromatic amines is 1. The van der Waals surface area contributed by atoms with E-state index in [1.807, 2.05) is 36.4 Å². The zero-order chi connectivity index (χ0) is 15.5. The van der Waals surface area contributed by atoms with E-state index in [0.29, 0.717) is 17.9 Å². The molecule has 3 rings (SSSR count). The van der Waals surface area contributed by atoms with Crippen LogP contribution in [-0.4, -0.2) is 15.9 Å². The Kier molecular flexibility index (Phi) is 4.11. The monoisotopic (exact) mass is 313 g/mol. The second kappa shape index (κ2) is 6.20. The summed E-state index contributed by atoms with van der Waals surface area (Å²) < 4.78 is 0. The van der Waals surface area contributed by atoms with Crippen LogP contribution >= 0.6 is 11.6 Å². The minimum Gasteiger partial charge on any atom is -0.370 e. The summed E-state index contributed by atoms with van der Waals surface area (Å²) in [5.41, 5.74) is 9.23. The Labute approximate surface area is 133 Å². The normalized spacial score (nSPS) is 11.0. The van der Waals surface area contributed by atoms with Gasteiger partial charge in [0.25, 0.3) is 0 Å². The average Bonchev–Trinajstić information content (AvgIpc) is 2.86. The minimum atomic E-state index is -0.280. The van der Waals surface area contributed by atoms with Gasteiger partial charge < -0.3 is 10.7 Å². The number of hydrogen-bond donors (Lipinski definition) is 2. The van der Waals surface area contributed by atoms with E-state index in [-0.39, 0.29) is 5.91 Å². The van der Waals surface area contributed by atoms with Gasteiger partial charge in [0, 0.05) is 28.5 Å². The molecule has 0 radical (unpaired) electrons. The highest BCUT2D eigenvalue weighted by atomic mass is 35.5. The highest BCUT2D eigenvalue weighted by Crippen LogP contribution is 2.32. The summed E-state index contributed by atoms with van der Waals surface area (Å²) in [6.07, 6.45) is 3.58. The van der Waals surface area contributed by atoms with Crippen molar-refractivity contribution in [2.75, 3.05) is 0 Å². The molecule has 3 aromatic rings. The molecule has 2 aromatic heterocycles. The summed E-state index contributed by atoms with van der Waals surface area (Å²) in [7, 11) is 0. The first-order chi connectivity index (χ1) is 10.6. The molecule has 1 aromatic carbocycles. The molecule has 0 saturated carbocycles. The maximum atomic E-state index is 11.0. The van der Waals surface area contributed by atoms with Gasteiger partial charge in [0.2, 0.25) is 5.91 Å². The molecule has 0 aliphatic rings. The van der Waals surface area contributed by atoms with E-state index in [1.165, 1.54) is 0 Å². The number of nitrogens with zero attached hydrogens (tertiary/aromatic N) is 1. The first kappa shape index (κ1) is 14.6. The van der Waals surface area contributed by atoms with Crippen LogP contribution in [0.3, 0.4) is 0 Å². The Morgan fingerprint density at radius 3 is 2.86 bits per heavy atom. The molecule has 22 heavy (non-hydrogen) atoms. The molecule has 3 N–H and O–H groups in total. The second-order valence-electron chi connectivity index (χ2n) is 5.20.